The van der Waals surface area contributed by atoms with Gasteiger partial charge in [0.25, 0.3) is 0 Å². The van der Waals surface area contributed by atoms with Crippen LogP contribution in [0.25, 0.3) is 0 Å². The molecule has 4 heteroatoms. The first kappa shape index (κ1) is 11.2. The Labute approximate surface area is 84.6 Å². The third kappa shape index (κ3) is 3.81. The Hall–Kier alpha value is 0.170. The highest BCUT2D eigenvalue weighted by Gasteiger charge is 2.23. The van der Waals surface area contributed by atoms with Gasteiger partial charge in [0.15, 0.2) is 0 Å². The molecule has 0 aromatic heterocycles. The van der Waals surface area contributed by atoms with E-state index in [1.54, 1.807) is 0 Å². The van der Waals surface area contributed by atoms with Gasteiger partial charge in [0.2, 0.25) is 0 Å². The fourth-order valence-corrected chi connectivity index (χ4v) is 1.88. The maximum atomic E-state index is 9.37. The van der Waals surface area contributed by atoms with Gasteiger partial charge in [-0.1, -0.05) is 0 Å². The first-order valence-corrected chi connectivity index (χ1v) is 5.27. The molecule has 0 amide bonds. The summed E-state index contributed by atoms with van der Waals surface area (Å²) >= 11 is 5.54. The lowest BCUT2D eigenvalue weighted by molar-refractivity contribution is -0.0751. The number of halogens is 1. The molecule has 3 unspecified atom stereocenters. The van der Waals surface area contributed by atoms with Crippen LogP contribution in [0.2, 0.25) is 0 Å². The smallest absolute Gasteiger partial charge is 0.0802 e. The van der Waals surface area contributed by atoms with Crippen molar-refractivity contribution >= 4 is 11.6 Å². The second-order valence-electron chi connectivity index (χ2n) is 3.78. The minimum absolute atomic E-state index is 0.256. The fraction of sp³-hybridized carbons (Fsp3) is 1.00. The molecule has 3 atom stereocenters. The molecular formula is C9H18ClNO2. The van der Waals surface area contributed by atoms with Gasteiger partial charge in [-0.2, -0.15) is 0 Å². The fourth-order valence-electron chi connectivity index (χ4n) is 1.78. The minimum Gasteiger partial charge on any atom is -0.391 e. The number of hydrogen-bond donors (Lipinski definition) is 1. The molecule has 13 heavy (non-hydrogen) atoms. The van der Waals surface area contributed by atoms with Gasteiger partial charge in [-0.25, -0.2) is 0 Å². The van der Waals surface area contributed by atoms with Crippen LogP contribution < -0.4 is 0 Å². The van der Waals surface area contributed by atoms with Crippen LogP contribution in [0.1, 0.15) is 13.8 Å². The highest BCUT2D eigenvalue weighted by Crippen LogP contribution is 2.10. The van der Waals surface area contributed by atoms with E-state index >= 15 is 0 Å². The number of hydrogen-bond acceptors (Lipinski definition) is 3. The van der Waals surface area contributed by atoms with E-state index in [1.807, 2.05) is 0 Å². The highest BCUT2D eigenvalue weighted by molar-refractivity contribution is 6.18. The topological polar surface area (TPSA) is 32.7 Å². The van der Waals surface area contributed by atoms with Crippen molar-refractivity contribution in [2.75, 3.05) is 25.5 Å². The first-order valence-electron chi connectivity index (χ1n) is 4.73. The molecule has 1 fully saturated rings. The van der Waals surface area contributed by atoms with Crippen molar-refractivity contribution in [1.82, 2.24) is 4.90 Å². The maximum Gasteiger partial charge on any atom is 0.0802 e. The molecule has 3 nitrogen and oxygen atoms in total. The summed E-state index contributed by atoms with van der Waals surface area (Å²) in [4.78, 5) is 2.20. The van der Waals surface area contributed by atoms with Crippen molar-refractivity contribution in [3.8, 4) is 0 Å². The van der Waals surface area contributed by atoms with Gasteiger partial charge in [-0.05, 0) is 13.8 Å². The number of nitrogens with zero attached hydrogens (tertiary/aromatic N) is 1. The molecule has 0 aliphatic carbocycles. The normalized spacial score (nSPS) is 33.2. The predicted octanol–water partition coefficient (Wildman–Crippen LogP) is 0.695. The van der Waals surface area contributed by atoms with Crippen LogP contribution in [-0.2, 0) is 4.74 Å². The average Bonchev–Trinajstić information content (AvgIpc) is 2.02. The molecule has 1 rings (SSSR count). The Morgan fingerprint density at radius 1 is 1.46 bits per heavy atom. The highest BCUT2D eigenvalue weighted by atomic mass is 35.5. The summed E-state index contributed by atoms with van der Waals surface area (Å²) in [5.74, 6) is 0.306. The van der Waals surface area contributed by atoms with E-state index < -0.39 is 6.10 Å². The first-order chi connectivity index (χ1) is 6.11. The van der Waals surface area contributed by atoms with Gasteiger partial charge in [0.05, 0.1) is 18.3 Å². The summed E-state index contributed by atoms with van der Waals surface area (Å²) in [6.07, 6.45) is 0.0942. The second kappa shape index (κ2) is 5.15. The van der Waals surface area contributed by atoms with Crippen LogP contribution in [0.3, 0.4) is 0 Å². The van der Waals surface area contributed by atoms with Crippen molar-refractivity contribution < 1.29 is 9.84 Å². The van der Waals surface area contributed by atoms with Gasteiger partial charge < -0.3 is 9.84 Å². The zero-order valence-corrected chi connectivity index (χ0v) is 9.00. The molecule has 0 saturated carbocycles. The quantitative estimate of drug-likeness (QED) is 0.692. The summed E-state index contributed by atoms with van der Waals surface area (Å²) in [5.41, 5.74) is 0. The molecule has 0 aromatic rings. The van der Waals surface area contributed by atoms with Gasteiger partial charge in [0, 0.05) is 25.5 Å². The standard InChI is InChI=1S/C9H18ClNO2/c1-7-4-11(5-8(2)13-7)6-9(12)3-10/h7-9,12H,3-6H2,1-2H3. The largest absolute Gasteiger partial charge is 0.391 e. The number of ether oxygens (including phenoxy) is 1. The summed E-state index contributed by atoms with van der Waals surface area (Å²) in [6.45, 7) is 6.53. The zero-order valence-electron chi connectivity index (χ0n) is 8.24. The lowest BCUT2D eigenvalue weighted by Crippen LogP contribution is -2.48. The van der Waals surface area contributed by atoms with E-state index in [0.29, 0.717) is 12.4 Å². The molecule has 0 aromatic carbocycles. The Bertz CT molecular complexity index is 147. The number of alkyl halides is 1. The molecule has 1 saturated heterocycles. The molecular weight excluding hydrogens is 190 g/mol. The van der Waals surface area contributed by atoms with Crippen LogP contribution in [0.15, 0.2) is 0 Å². The maximum absolute atomic E-state index is 9.37. The lowest BCUT2D eigenvalue weighted by Gasteiger charge is -2.36. The number of rotatable bonds is 3. The molecule has 0 radical (unpaired) electrons. The summed E-state index contributed by atoms with van der Waals surface area (Å²) < 4.78 is 5.58. The summed E-state index contributed by atoms with van der Waals surface area (Å²) in [5, 5.41) is 9.37. The van der Waals surface area contributed by atoms with Crippen LogP contribution in [0.4, 0.5) is 0 Å². The number of β-amino-alcohol motifs (C(OH)–C–C–N with tert-alkyl or cyclic N) is 1. The van der Waals surface area contributed by atoms with Gasteiger partial charge >= 0.3 is 0 Å². The number of aliphatic hydroxyl groups is 1. The SMILES string of the molecule is CC1CN(CC(O)CCl)CC(C)O1. The van der Waals surface area contributed by atoms with E-state index in [-0.39, 0.29) is 12.2 Å². The van der Waals surface area contributed by atoms with Crippen molar-refractivity contribution in [3.63, 3.8) is 0 Å². The monoisotopic (exact) mass is 207 g/mol. The molecule has 1 aliphatic heterocycles. The molecule has 0 bridgehead atoms. The van der Waals surface area contributed by atoms with Crippen molar-refractivity contribution in [3.05, 3.63) is 0 Å². The van der Waals surface area contributed by atoms with Crippen molar-refractivity contribution in [2.24, 2.45) is 0 Å². The van der Waals surface area contributed by atoms with Crippen molar-refractivity contribution in [1.29, 1.82) is 0 Å². The minimum atomic E-state index is -0.417. The Balaban J connectivity index is 2.32. The lowest BCUT2D eigenvalue weighted by atomic mass is 10.2. The zero-order chi connectivity index (χ0) is 9.84. The summed E-state index contributed by atoms with van der Waals surface area (Å²) in [7, 11) is 0. The molecule has 1 N–H and O–H groups in total. The van der Waals surface area contributed by atoms with E-state index in [4.69, 9.17) is 16.3 Å². The van der Waals surface area contributed by atoms with E-state index in [2.05, 4.69) is 18.7 Å². The molecule has 0 spiro atoms. The second-order valence-corrected chi connectivity index (χ2v) is 4.09. The Kier molecular flexibility index (Phi) is 4.46. The molecule has 1 heterocycles. The summed E-state index contributed by atoms with van der Waals surface area (Å²) in [6, 6.07) is 0. The van der Waals surface area contributed by atoms with Crippen LogP contribution in [-0.4, -0.2) is 53.8 Å². The van der Waals surface area contributed by atoms with E-state index in [1.165, 1.54) is 0 Å². The predicted molar refractivity (Wildman–Crippen MR) is 53.2 cm³/mol. The van der Waals surface area contributed by atoms with Gasteiger partial charge in [-0.3, -0.25) is 4.90 Å². The van der Waals surface area contributed by atoms with Crippen LogP contribution >= 0.6 is 11.6 Å². The molecule has 78 valence electrons. The molecule has 1 aliphatic rings. The van der Waals surface area contributed by atoms with Gasteiger partial charge in [-0.15, -0.1) is 11.6 Å². The third-order valence-electron chi connectivity index (χ3n) is 2.14. The van der Waals surface area contributed by atoms with Gasteiger partial charge in [0.1, 0.15) is 0 Å². The van der Waals surface area contributed by atoms with Crippen molar-refractivity contribution in [2.45, 2.75) is 32.2 Å². The number of morpholine rings is 1. The van der Waals surface area contributed by atoms with Crippen LogP contribution in [0, 0.1) is 0 Å². The van der Waals surface area contributed by atoms with E-state index in [0.717, 1.165) is 13.1 Å². The average molecular weight is 208 g/mol. The van der Waals surface area contributed by atoms with Crippen LogP contribution in [0.5, 0.6) is 0 Å². The third-order valence-corrected chi connectivity index (χ3v) is 2.50. The van der Waals surface area contributed by atoms with E-state index in [9.17, 15) is 5.11 Å². The Morgan fingerprint density at radius 2 is 2.00 bits per heavy atom. The Morgan fingerprint density at radius 3 is 2.46 bits per heavy atom. The number of aliphatic hydroxyl groups excluding tert-OH is 1.